The first-order chi connectivity index (χ1) is 28.5. The van der Waals surface area contributed by atoms with Crippen LogP contribution in [-0.2, 0) is 14.4 Å². The van der Waals surface area contributed by atoms with Crippen LogP contribution in [-0.4, -0.2) is 108 Å². The van der Waals surface area contributed by atoms with Gasteiger partial charge < -0.3 is 25.3 Å². The zero-order chi connectivity index (χ0) is 41.2. The maximum absolute atomic E-state index is 14.1. The van der Waals surface area contributed by atoms with Crippen LogP contribution in [0, 0.1) is 11.8 Å². The molecule has 2 atom stereocenters. The topological polar surface area (TPSA) is 188 Å². The first-order valence-electron chi connectivity index (χ1n) is 19.8. The Morgan fingerprint density at radius 2 is 1.71 bits per heavy atom. The van der Waals surface area contributed by atoms with Crippen molar-refractivity contribution in [1.29, 1.82) is 0 Å². The number of hydrogen-bond acceptors (Lipinski definition) is 11. The number of fused-ring (bicyclic) bond motifs is 1. The van der Waals surface area contributed by atoms with Gasteiger partial charge in [0, 0.05) is 50.8 Å². The highest BCUT2D eigenvalue weighted by molar-refractivity contribution is 6.32. The van der Waals surface area contributed by atoms with Crippen LogP contribution >= 0.6 is 23.2 Å². The Hall–Kier alpha value is -5.65. The number of hydrogen-bond donors (Lipinski definition) is 3. The van der Waals surface area contributed by atoms with Crippen molar-refractivity contribution in [3.63, 3.8) is 0 Å². The van der Waals surface area contributed by atoms with Gasteiger partial charge >= 0.3 is 6.03 Å². The second-order valence-electron chi connectivity index (χ2n) is 15.5. The van der Waals surface area contributed by atoms with Crippen LogP contribution in [0.1, 0.15) is 68.7 Å². The highest BCUT2D eigenvalue weighted by atomic mass is 35.5. The van der Waals surface area contributed by atoms with Crippen LogP contribution in [0.5, 0.6) is 0 Å². The number of benzene rings is 1. The largest absolute Gasteiger partial charge is 0.372 e. The summed E-state index contributed by atoms with van der Waals surface area (Å²) in [5, 5.41) is 21.1. The summed E-state index contributed by atoms with van der Waals surface area (Å²) >= 11 is 12.7. The van der Waals surface area contributed by atoms with Gasteiger partial charge in [-0.05, 0) is 81.8 Å². The lowest BCUT2D eigenvalue weighted by atomic mass is 9.89. The normalized spacial score (nSPS) is 18.8. The van der Waals surface area contributed by atoms with Crippen molar-refractivity contribution in [3.8, 4) is 5.82 Å². The molecule has 59 heavy (non-hydrogen) atoms. The van der Waals surface area contributed by atoms with Gasteiger partial charge in [0.05, 0.1) is 58.8 Å². The Kier molecular flexibility index (Phi) is 11.8. The summed E-state index contributed by atoms with van der Waals surface area (Å²) in [5.41, 5.74) is 3.78. The van der Waals surface area contributed by atoms with E-state index >= 15 is 0 Å². The lowest BCUT2D eigenvalue weighted by molar-refractivity contribution is -0.138. The van der Waals surface area contributed by atoms with Gasteiger partial charge in [-0.15, -0.1) is 4.80 Å². The maximum atomic E-state index is 14.1. The molecule has 3 fully saturated rings. The standard InChI is InChI=1S/C40H45Cl2N13O4/c1-24(36-32(22-43-34-20-33(42)50-54(34)36)48-40(59)47-28-19-31(41)37(44-21-28)55-45-12-13-46-55)51(2)39(58)26-10-14-52(15-11-26)23-25-8-16-53(17-9-25)29-5-3-4-27(18-29)30-6-7-35(56)49-38(30)57/h3-5,12-13,18-22,24-26,30H,6-11,14-17,23H2,1-2H3,(H2,47,48,59)(H,49,56,57)/t24-,30?/m1/s1. The Labute approximate surface area is 350 Å². The van der Waals surface area contributed by atoms with E-state index in [9.17, 15) is 19.2 Å². The zero-order valence-electron chi connectivity index (χ0n) is 32.7. The number of halogens is 2. The summed E-state index contributed by atoms with van der Waals surface area (Å²) < 4.78 is 1.56. The molecule has 19 heteroatoms. The van der Waals surface area contributed by atoms with E-state index in [1.807, 2.05) is 19.1 Å². The van der Waals surface area contributed by atoms with E-state index in [4.69, 9.17) is 23.2 Å². The molecule has 8 rings (SSSR count). The summed E-state index contributed by atoms with van der Waals surface area (Å²) in [6.07, 6.45) is 10.5. The highest BCUT2D eigenvalue weighted by Crippen LogP contribution is 2.33. The molecule has 7 heterocycles. The lowest BCUT2D eigenvalue weighted by Crippen LogP contribution is -2.45. The Morgan fingerprint density at radius 1 is 0.949 bits per heavy atom. The smallest absolute Gasteiger partial charge is 0.323 e. The van der Waals surface area contributed by atoms with Crippen molar-refractivity contribution in [3.05, 3.63) is 82.6 Å². The Morgan fingerprint density at radius 3 is 2.44 bits per heavy atom. The number of likely N-dealkylation sites (tertiary alicyclic amines) is 1. The molecule has 308 valence electrons. The van der Waals surface area contributed by atoms with E-state index in [2.05, 4.69) is 63.1 Å². The van der Waals surface area contributed by atoms with Crippen LogP contribution in [0.25, 0.3) is 11.5 Å². The number of carbonyl (C=O) groups excluding carboxylic acids is 4. The minimum Gasteiger partial charge on any atom is -0.372 e. The molecule has 0 bridgehead atoms. The molecule has 3 N–H and O–H groups in total. The van der Waals surface area contributed by atoms with Crippen LogP contribution in [0.3, 0.4) is 0 Å². The summed E-state index contributed by atoms with van der Waals surface area (Å²) in [6, 6.07) is 10.3. The first kappa shape index (κ1) is 40.1. The molecule has 1 aromatic carbocycles. The Balaban J connectivity index is 0.853. The molecule has 0 saturated carbocycles. The fourth-order valence-electron chi connectivity index (χ4n) is 8.39. The van der Waals surface area contributed by atoms with Gasteiger partial charge in [-0.2, -0.15) is 15.3 Å². The third-order valence-corrected chi connectivity index (χ3v) is 12.2. The van der Waals surface area contributed by atoms with Gasteiger partial charge in [0.15, 0.2) is 16.6 Å². The van der Waals surface area contributed by atoms with Crippen molar-refractivity contribution >= 4 is 69.7 Å². The quantitative estimate of drug-likeness (QED) is 0.154. The number of nitrogens with one attached hydrogen (secondary N) is 3. The number of urea groups is 1. The van der Waals surface area contributed by atoms with Crippen LogP contribution in [0.4, 0.5) is 21.9 Å². The van der Waals surface area contributed by atoms with Gasteiger partial charge in [-0.1, -0.05) is 35.3 Å². The number of nitrogens with zero attached hydrogens (tertiary/aromatic N) is 10. The molecule has 3 saturated heterocycles. The number of anilines is 3. The third kappa shape index (κ3) is 8.87. The maximum Gasteiger partial charge on any atom is 0.323 e. The molecular weight excluding hydrogens is 797 g/mol. The van der Waals surface area contributed by atoms with E-state index in [0.717, 1.165) is 69.7 Å². The number of amides is 5. The molecule has 4 aromatic heterocycles. The molecule has 0 spiro atoms. The van der Waals surface area contributed by atoms with Crippen molar-refractivity contribution in [2.24, 2.45) is 11.8 Å². The van der Waals surface area contributed by atoms with Crippen LogP contribution in [0.2, 0.25) is 10.2 Å². The van der Waals surface area contributed by atoms with E-state index in [-0.39, 0.29) is 39.7 Å². The first-order valence-corrected chi connectivity index (χ1v) is 20.6. The predicted molar refractivity (Wildman–Crippen MR) is 222 cm³/mol. The second-order valence-corrected chi connectivity index (χ2v) is 16.2. The molecule has 0 radical (unpaired) electrons. The third-order valence-electron chi connectivity index (χ3n) is 11.7. The van der Waals surface area contributed by atoms with E-state index in [1.54, 1.807) is 28.6 Å². The number of carbonyl (C=O) groups is 4. The van der Waals surface area contributed by atoms with Crippen molar-refractivity contribution in [1.82, 2.24) is 49.7 Å². The van der Waals surface area contributed by atoms with Crippen LogP contribution < -0.4 is 20.9 Å². The average molecular weight is 843 g/mol. The number of imide groups is 1. The minimum atomic E-state index is -0.577. The minimum absolute atomic E-state index is 0.0242. The zero-order valence-corrected chi connectivity index (χ0v) is 34.2. The molecular formula is C40H45Cl2N13O4. The second kappa shape index (κ2) is 17.3. The van der Waals surface area contributed by atoms with Gasteiger partial charge in [-0.3, -0.25) is 19.7 Å². The molecule has 3 aliphatic heterocycles. The molecule has 3 aliphatic rings. The van der Waals surface area contributed by atoms with Gasteiger partial charge in [0.25, 0.3) is 0 Å². The lowest BCUT2D eigenvalue weighted by Gasteiger charge is -2.39. The molecule has 5 aromatic rings. The van der Waals surface area contributed by atoms with Crippen molar-refractivity contribution in [2.45, 2.75) is 57.4 Å². The summed E-state index contributed by atoms with van der Waals surface area (Å²) in [4.78, 5) is 68.1. The van der Waals surface area contributed by atoms with E-state index in [1.165, 1.54) is 29.6 Å². The number of rotatable bonds is 10. The fourth-order valence-corrected chi connectivity index (χ4v) is 8.81. The van der Waals surface area contributed by atoms with E-state index < -0.39 is 12.1 Å². The summed E-state index contributed by atoms with van der Waals surface area (Å²) in [6.45, 7) is 6.44. The average Bonchev–Trinajstić information content (AvgIpc) is 3.90. The molecule has 5 amide bonds. The monoisotopic (exact) mass is 841 g/mol. The number of piperidine rings is 3. The molecule has 17 nitrogen and oxygen atoms in total. The highest BCUT2D eigenvalue weighted by Gasteiger charge is 2.33. The molecule has 1 unspecified atom stereocenters. The van der Waals surface area contributed by atoms with Gasteiger partial charge in [-0.25, -0.2) is 19.3 Å². The van der Waals surface area contributed by atoms with Crippen molar-refractivity contribution < 1.29 is 19.2 Å². The van der Waals surface area contributed by atoms with Crippen molar-refractivity contribution in [2.75, 3.05) is 55.3 Å². The van der Waals surface area contributed by atoms with E-state index in [0.29, 0.717) is 47.3 Å². The molecule has 0 aliphatic carbocycles. The summed E-state index contributed by atoms with van der Waals surface area (Å²) in [5.74, 6) is 0.0456. The number of pyridine rings is 1. The van der Waals surface area contributed by atoms with Gasteiger partial charge in [0.1, 0.15) is 0 Å². The summed E-state index contributed by atoms with van der Waals surface area (Å²) in [7, 11) is 1.78. The van der Waals surface area contributed by atoms with Crippen LogP contribution in [0.15, 0.2) is 61.2 Å². The number of aromatic nitrogens is 7. The van der Waals surface area contributed by atoms with Gasteiger partial charge in [0.2, 0.25) is 17.7 Å². The fraction of sp³-hybridized carbons (Fsp3) is 0.425. The SMILES string of the molecule is C[C@H](c1c(NC(=O)Nc2cnc(-n3nccn3)c(Cl)c2)cnc2cc(Cl)nn12)N(C)C(=O)C1CCN(CC2CCN(c3cccc(C4CCC(=O)NC4=O)c3)CC2)CC1. The predicted octanol–water partition coefficient (Wildman–Crippen LogP) is 5.32. The Bertz CT molecular complexity index is 2360.